The number of rotatable bonds is 4. The van der Waals surface area contributed by atoms with Crippen LogP contribution in [-0.2, 0) is 10.0 Å². The van der Waals surface area contributed by atoms with Gasteiger partial charge in [0.15, 0.2) is 0 Å². The number of aromatic nitrogens is 2. The van der Waals surface area contributed by atoms with Crippen molar-refractivity contribution in [3.8, 4) is 11.3 Å². The van der Waals surface area contributed by atoms with Crippen LogP contribution in [0.25, 0.3) is 11.3 Å². The lowest BCUT2D eigenvalue weighted by Gasteiger charge is -2.08. The van der Waals surface area contributed by atoms with Crippen molar-refractivity contribution in [3.05, 3.63) is 76.3 Å². The number of hydrogen-bond acceptors (Lipinski definition) is 4. The van der Waals surface area contributed by atoms with E-state index in [0.717, 1.165) is 29.8 Å². The number of nitrogens with zero attached hydrogens (tertiary/aromatic N) is 1. The molecule has 0 spiro atoms. The van der Waals surface area contributed by atoms with Gasteiger partial charge in [-0.2, -0.15) is 0 Å². The molecule has 0 aliphatic carbocycles. The van der Waals surface area contributed by atoms with Crippen LogP contribution in [0.4, 0.5) is 10.3 Å². The van der Waals surface area contributed by atoms with Crippen molar-refractivity contribution >= 4 is 16.0 Å². The van der Waals surface area contributed by atoms with E-state index in [1.54, 1.807) is 12.1 Å². The Hall–Kier alpha value is -3.00. The fourth-order valence-corrected chi connectivity index (χ4v) is 3.14. The first-order chi connectivity index (χ1) is 11.8. The number of benzene rings is 2. The minimum atomic E-state index is -4.00. The van der Waals surface area contributed by atoms with Gasteiger partial charge in [-0.1, -0.05) is 29.8 Å². The topological polar surface area (TPSA) is 91.9 Å². The van der Waals surface area contributed by atoms with Gasteiger partial charge < -0.3 is 0 Å². The molecule has 0 amide bonds. The molecule has 8 heteroatoms. The Kier molecular flexibility index (Phi) is 4.37. The SMILES string of the molecule is Cc1ccc(-c2cc(=O)[nH]c(NS(=O)(=O)c3ccc(F)cc3)n2)cc1. The summed E-state index contributed by atoms with van der Waals surface area (Å²) in [5, 5.41) is 0. The first kappa shape index (κ1) is 16.8. The average Bonchev–Trinajstić information content (AvgIpc) is 2.55. The number of hydrogen-bond donors (Lipinski definition) is 2. The Labute approximate surface area is 143 Å². The van der Waals surface area contributed by atoms with E-state index in [0.29, 0.717) is 11.3 Å². The second-order valence-corrected chi connectivity index (χ2v) is 7.09. The van der Waals surface area contributed by atoms with E-state index >= 15 is 0 Å². The van der Waals surface area contributed by atoms with Crippen molar-refractivity contribution in [2.75, 3.05) is 4.72 Å². The van der Waals surface area contributed by atoms with Crippen LogP contribution in [0.3, 0.4) is 0 Å². The van der Waals surface area contributed by atoms with Gasteiger partial charge >= 0.3 is 0 Å². The largest absolute Gasteiger partial charge is 0.292 e. The lowest BCUT2D eigenvalue weighted by atomic mass is 10.1. The molecule has 128 valence electrons. The summed E-state index contributed by atoms with van der Waals surface area (Å²) < 4.78 is 39.8. The van der Waals surface area contributed by atoms with Crippen LogP contribution in [0.2, 0.25) is 0 Å². The molecular formula is C17H14FN3O3S. The Balaban J connectivity index is 1.96. The second-order valence-electron chi connectivity index (χ2n) is 5.40. The molecule has 0 bridgehead atoms. The highest BCUT2D eigenvalue weighted by molar-refractivity contribution is 7.92. The van der Waals surface area contributed by atoms with Crippen LogP contribution < -0.4 is 10.3 Å². The van der Waals surface area contributed by atoms with Crippen LogP contribution in [0, 0.1) is 12.7 Å². The zero-order valence-corrected chi connectivity index (χ0v) is 14.0. The Morgan fingerprint density at radius 3 is 2.32 bits per heavy atom. The molecule has 2 N–H and O–H groups in total. The van der Waals surface area contributed by atoms with Crippen molar-refractivity contribution in [2.45, 2.75) is 11.8 Å². The molecule has 0 radical (unpaired) electrons. The predicted octanol–water partition coefficient (Wildman–Crippen LogP) is 2.69. The number of halogens is 1. The minimum Gasteiger partial charge on any atom is -0.292 e. The Morgan fingerprint density at radius 2 is 1.68 bits per heavy atom. The molecule has 0 saturated heterocycles. The van der Waals surface area contributed by atoms with Crippen molar-refractivity contribution in [1.29, 1.82) is 0 Å². The van der Waals surface area contributed by atoms with Gasteiger partial charge in [-0.25, -0.2) is 22.5 Å². The highest BCUT2D eigenvalue weighted by Gasteiger charge is 2.16. The van der Waals surface area contributed by atoms with Crippen molar-refractivity contribution < 1.29 is 12.8 Å². The highest BCUT2D eigenvalue weighted by Crippen LogP contribution is 2.18. The van der Waals surface area contributed by atoms with Crippen molar-refractivity contribution in [3.63, 3.8) is 0 Å². The number of anilines is 1. The highest BCUT2D eigenvalue weighted by atomic mass is 32.2. The van der Waals surface area contributed by atoms with Gasteiger partial charge in [0.2, 0.25) is 5.95 Å². The standard InChI is InChI=1S/C17H14FN3O3S/c1-11-2-4-12(5-3-11)15-10-16(22)20-17(19-15)21-25(23,24)14-8-6-13(18)7-9-14/h2-10H,1H3,(H2,19,20,21,22). The molecule has 0 atom stereocenters. The van der Waals surface area contributed by atoms with Crippen molar-refractivity contribution in [1.82, 2.24) is 9.97 Å². The molecule has 25 heavy (non-hydrogen) atoms. The van der Waals surface area contributed by atoms with Gasteiger partial charge in [-0.05, 0) is 31.2 Å². The second kappa shape index (κ2) is 6.48. The maximum absolute atomic E-state index is 12.9. The molecule has 0 saturated carbocycles. The quantitative estimate of drug-likeness (QED) is 0.749. The van der Waals surface area contributed by atoms with Gasteiger partial charge in [0.05, 0.1) is 10.6 Å². The summed E-state index contributed by atoms with van der Waals surface area (Å²) in [6, 6.07) is 12.9. The molecule has 3 aromatic rings. The average molecular weight is 359 g/mol. The van der Waals surface area contributed by atoms with Crippen LogP contribution >= 0.6 is 0 Å². The first-order valence-corrected chi connectivity index (χ1v) is 8.79. The molecule has 0 aliphatic rings. The lowest BCUT2D eigenvalue weighted by Crippen LogP contribution is -2.18. The summed E-state index contributed by atoms with van der Waals surface area (Å²) in [5.41, 5.74) is 1.56. The van der Waals surface area contributed by atoms with Gasteiger partial charge in [0.1, 0.15) is 5.82 Å². The fraction of sp³-hybridized carbons (Fsp3) is 0.0588. The van der Waals surface area contributed by atoms with Gasteiger partial charge in [0, 0.05) is 11.6 Å². The third-order valence-corrected chi connectivity index (χ3v) is 4.80. The molecule has 0 fully saturated rings. The third kappa shape index (κ3) is 3.92. The van der Waals surface area contributed by atoms with E-state index in [9.17, 15) is 17.6 Å². The zero-order valence-electron chi connectivity index (χ0n) is 13.2. The van der Waals surface area contributed by atoms with Crippen LogP contribution in [-0.4, -0.2) is 18.4 Å². The minimum absolute atomic E-state index is 0.141. The molecule has 2 aromatic carbocycles. The van der Waals surface area contributed by atoms with Gasteiger partial charge in [-0.3, -0.25) is 9.78 Å². The predicted molar refractivity (Wildman–Crippen MR) is 92.2 cm³/mol. The lowest BCUT2D eigenvalue weighted by molar-refractivity contribution is 0.599. The molecule has 0 unspecified atom stereocenters. The fourth-order valence-electron chi connectivity index (χ4n) is 2.18. The third-order valence-electron chi connectivity index (χ3n) is 3.44. The molecule has 3 rings (SSSR count). The Morgan fingerprint density at radius 1 is 1.04 bits per heavy atom. The number of nitrogens with one attached hydrogen (secondary N) is 2. The summed E-state index contributed by atoms with van der Waals surface area (Å²) in [7, 11) is -4.00. The summed E-state index contributed by atoms with van der Waals surface area (Å²) in [5.74, 6) is -0.765. The zero-order chi connectivity index (χ0) is 18.0. The maximum atomic E-state index is 12.9. The van der Waals surface area contributed by atoms with Crippen LogP contribution in [0.5, 0.6) is 0 Å². The summed E-state index contributed by atoms with van der Waals surface area (Å²) >= 11 is 0. The van der Waals surface area contributed by atoms with Crippen LogP contribution in [0.15, 0.2) is 64.3 Å². The van der Waals surface area contributed by atoms with E-state index in [4.69, 9.17) is 0 Å². The summed E-state index contributed by atoms with van der Waals surface area (Å²) in [6.45, 7) is 1.93. The van der Waals surface area contributed by atoms with Gasteiger partial charge in [-0.15, -0.1) is 0 Å². The number of sulfonamides is 1. The first-order valence-electron chi connectivity index (χ1n) is 7.30. The van der Waals surface area contributed by atoms with E-state index in [1.807, 2.05) is 19.1 Å². The van der Waals surface area contributed by atoms with Crippen molar-refractivity contribution in [2.24, 2.45) is 0 Å². The number of H-pyrrole nitrogens is 1. The molecule has 1 heterocycles. The summed E-state index contributed by atoms with van der Waals surface area (Å²) in [4.78, 5) is 18.2. The van der Waals surface area contributed by atoms with E-state index in [2.05, 4.69) is 14.7 Å². The van der Waals surface area contributed by atoms with E-state index in [1.165, 1.54) is 6.07 Å². The number of aryl methyl sites for hydroxylation is 1. The smallest absolute Gasteiger partial charge is 0.264 e. The molecular weight excluding hydrogens is 345 g/mol. The molecule has 0 aliphatic heterocycles. The number of aromatic amines is 1. The van der Waals surface area contributed by atoms with E-state index in [-0.39, 0.29) is 10.8 Å². The monoisotopic (exact) mass is 359 g/mol. The molecule has 6 nitrogen and oxygen atoms in total. The molecule has 1 aromatic heterocycles. The van der Waals surface area contributed by atoms with E-state index < -0.39 is 21.4 Å². The maximum Gasteiger partial charge on any atom is 0.264 e. The van der Waals surface area contributed by atoms with Gasteiger partial charge in [0.25, 0.3) is 15.6 Å². The summed E-state index contributed by atoms with van der Waals surface area (Å²) in [6.07, 6.45) is 0. The van der Waals surface area contributed by atoms with Crippen LogP contribution in [0.1, 0.15) is 5.56 Å². The normalized spacial score (nSPS) is 11.3. The Bertz CT molecular complexity index is 1060.